The fraction of sp³-hybridized carbons (Fsp3) is 0.222. The highest BCUT2D eigenvalue weighted by molar-refractivity contribution is 5.69. The molecule has 4 heterocycles. The van der Waals surface area contributed by atoms with Crippen molar-refractivity contribution >= 4 is 23.9 Å². The van der Waals surface area contributed by atoms with Crippen molar-refractivity contribution in [3.05, 3.63) is 83.4 Å². The maximum atomic E-state index is 5.90. The van der Waals surface area contributed by atoms with E-state index < -0.39 is 0 Å². The summed E-state index contributed by atoms with van der Waals surface area (Å²) in [4.78, 5) is 26.7. The molecular weight excluding hydrogens is 452 g/mol. The van der Waals surface area contributed by atoms with Gasteiger partial charge in [-0.05, 0) is 73.3 Å². The number of benzene rings is 1. The third-order valence-corrected chi connectivity index (χ3v) is 5.79. The van der Waals surface area contributed by atoms with Gasteiger partial charge >= 0.3 is 0 Å². The maximum absolute atomic E-state index is 5.90. The molecule has 1 aromatic carbocycles. The number of ether oxygens (including phenoxy) is 1. The highest BCUT2D eigenvalue weighted by Crippen LogP contribution is 2.29. The minimum absolute atomic E-state index is 0.478. The number of pyridine rings is 1. The molecule has 3 aromatic heterocycles. The number of likely N-dealkylation sites (N-methyl/N-ethyl adjacent to an activating group) is 1. The van der Waals surface area contributed by atoms with Gasteiger partial charge in [0.1, 0.15) is 23.9 Å². The quantitative estimate of drug-likeness (QED) is 0.405. The Kier molecular flexibility index (Phi) is 6.81. The Morgan fingerprint density at radius 2 is 1.75 bits per heavy atom. The Balaban J connectivity index is 1.30. The number of nitrogens with two attached hydrogens (primary N) is 1. The third kappa shape index (κ3) is 5.64. The van der Waals surface area contributed by atoms with Crippen molar-refractivity contribution in [2.45, 2.75) is 13.1 Å². The van der Waals surface area contributed by atoms with E-state index in [4.69, 9.17) is 15.5 Å². The van der Waals surface area contributed by atoms with E-state index in [1.165, 1.54) is 11.1 Å². The number of anilines is 2. The Bertz CT molecular complexity index is 1390. The topological polar surface area (TPSA) is 106 Å². The summed E-state index contributed by atoms with van der Waals surface area (Å²) in [5.41, 5.74) is 10.6. The molecule has 2 N–H and O–H groups in total. The van der Waals surface area contributed by atoms with Crippen molar-refractivity contribution < 1.29 is 4.74 Å². The molecule has 0 aliphatic carbocycles. The van der Waals surface area contributed by atoms with Gasteiger partial charge in [-0.15, -0.1) is 0 Å². The first-order chi connectivity index (χ1) is 17.5. The molecule has 36 heavy (non-hydrogen) atoms. The van der Waals surface area contributed by atoms with Gasteiger partial charge in [-0.25, -0.2) is 24.9 Å². The number of nitrogen functional groups attached to an aromatic ring is 1. The van der Waals surface area contributed by atoms with Gasteiger partial charge in [0.25, 0.3) is 0 Å². The fourth-order valence-corrected chi connectivity index (χ4v) is 3.91. The second kappa shape index (κ2) is 10.5. The summed E-state index contributed by atoms with van der Waals surface area (Å²) in [5.74, 6) is 2.56. The standard InChI is InChI=1S/C27H28N8O/c1-34(2)13-14-36-23-6-4-20-17-35(18-21(20)16-23)27-31-12-9-24(33-27)26-30-11-8-22(32-26)5-3-19-7-10-29-25(28)15-19/h3-12,15-16H,13-14,17-18H2,1-2H3,(H2,28,29)/b5-3+. The second-order valence-corrected chi connectivity index (χ2v) is 8.83. The van der Waals surface area contributed by atoms with Crippen LogP contribution in [0, 0.1) is 0 Å². The normalized spacial score (nSPS) is 12.9. The van der Waals surface area contributed by atoms with Gasteiger partial charge in [0.05, 0.1) is 5.69 Å². The molecule has 0 spiro atoms. The minimum atomic E-state index is 0.478. The van der Waals surface area contributed by atoms with Gasteiger partial charge in [-0.1, -0.05) is 12.1 Å². The van der Waals surface area contributed by atoms with E-state index >= 15 is 0 Å². The van der Waals surface area contributed by atoms with Crippen molar-refractivity contribution in [2.75, 3.05) is 37.9 Å². The van der Waals surface area contributed by atoms with Gasteiger partial charge in [-0.2, -0.15) is 0 Å². The molecular formula is C27H28N8O. The molecule has 0 bridgehead atoms. The predicted molar refractivity (Wildman–Crippen MR) is 141 cm³/mol. The van der Waals surface area contributed by atoms with Crippen LogP contribution in [0.2, 0.25) is 0 Å². The number of rotatable bonds is 8. The molecule has 9 nitrogen and oxygen atoms in total. The van der Waals surface area contributed by atoms with Crippen LogP contribution >= 0.6 is 0 Å². The molecule has 1 aliphatic heterocycles. The molecule has 0 fully saturated rings. The molecule has 0 unspecified atom stereocenters. The van der Waals surface area contributed by atoms with Crippen molar-refractivity contribution in [1.82, 2.24) is 29.8 Å². The van der Waals surface area contributed by atoms with Crippen LogP contribution in [0.3, 0.4) is 0 Å². The fourth-order valence-electron chi connectivity index (χ4n) is 3.91. The monoisotopic (exact) mass is 480 g/mol. The van der Waals surface area contributed by atoms with Crippen molar-refractivity contribution in [3.8, 4) is 17.3 Å². The van der Waals surface area contributed by atoms with Gasteiger partial charge in [0, 0.05) is 38.2 Å². The molecule has 0 saturated carbocycles. The molecule has 5 rings (SSSR count). The van der Waals surface area contributed by atoms with Crippen molar-refractivity contribution in [2.24, 2.45) is 0 Å². The maximum Gasteiger partial charge on any atom is 0.226 e. The average molecular weight is 481 g/mol. The highest BCUT2D eigenvalue weighted by Gasteiger charge is 2.22. The van der Waals surface area contributed by atoms with Crippen LogP contribution < -0.4 is 15.4 Å². The summed E-state index contributed by atoms with van der Waals surface area (Å²) in [7, 11) is 4.07. The van der Waals surface area contributed by atoms with Crippen LogP contribution in [-0.4, -0.2) is 57.1 Å². The summed E-state index contributed by atoms with van der Waals surface area (Å²) >= 11 is 0. The smallest absolute Gasteiger partial charge is 0.226 e. The lowest BCUT2D eigenvalue weighted by atomic mass is 10.1. The SMILES string of the molecule is CN(C)CCOc1ccc2c(c1)CN(c1nccc(-c3nccc(/C=C/c4ccnc(N)c4)n3)n1)C2. The molecule has 0 atom stereocenters. The van der Waals surface area contributed by atoms with Crippen LogP contribution in [0.15, 0.2) is 61.1 Å². The lowest BCUT2D eigenvalue weighted by molar-refractivity contribution is 0.261. The summed E-state index contributed by atoms with van der Waals surface area (Å²) in [6.07, 6.45) is 9.02. The second-order valence-electron chi connectivity index (χ2n) is 8.83. The van der Waals surface area contributed by atoms with E-state index in [9.17, 15) is 0 Å². The van der Waals surface area contributed by atoms with Gasteiger partial charge < -0.3 is 20.3 Å². The Hall–Kier alpha value is -4.37. The zero-order valence-electron chi connectivity index (χ0n) is 20.4. The number of aromatic nitrogens is 5. The van der Waals surface area contributed by atoms with Crippen LogP contribution in [0.5, 0.6) is 5.75 Å². The third-order valence-electron chi connectivity index (χ3n) is 5.79. The van der Waals surface area contributed by atoms with Crippen LogP contribution in [0.4, 0.5) is 11.8 Å². The first-order valence-electron chi connectivity index (χ1n) is 11.7. The molecule has 0 radical (unpaired) electrons. The van der Waals surface area contributed by atoms with E-state index in [0.717, 1.165) is 36.6 Å². The Morgan fingerprint density at radius 3 is 2.61 bits per heavy atom. The lowest BCUT2D eigenvalue weighted by Crippen LogP contribution is -2.19. The first kappa shape index (κ1) is 23.4. The molecule has 4 aromatic rings. The lowest BCUT2D eigenvalue weighted by Gasteiger charge is -2.15. The van der Waals surface area contributed by atoms with E-state index in [0.29, 0.717) is 29.9 Å². The predicted octanol–water partition coefficient (Wildman–Crippen LogP) is 3.54. The summed E-state index contributed by atoms with van der Waals surface area (Å²) in [6, 6.07) is 13.6. The average Bonchev–Trinajstić information content (AvgIpc) is 3.31. The van der Waals surface area contributed by atoms with Gasteiger partial charge in [-0.3, -0.25) is 0 Å². The molecule has 0 saturated heterocycles. The van der Waals surface area contributed by atoms with Crippen molar-refractivity contribution in [3.63, 3.8) is 0 Å². The highest BCUT2D eigenvalue weighted by atomic mass is 16.5. The largest absolute Gasteiger partial charge is 0.492 e. The van der Waals surface area contributed by atoms with Crippen LogP contribution in [0.25, 0.3) is 23.7 Å². The molecule has 9 heteroatoms. The first-order valence-corrected chi connectivity index (χ1v) is 11.7. The van der Waals surface area contributed by atoms with Crippen LogP contribution in [0.1, 0.15) is 22.4 Å². The van der Waals surface area contributed by atoms with Crippen molar-refractivity contribution in [1.29, 1.82) is 0 Å². The zero-order chi connectivity index (χ0) is 24.9. The Morgan fingerprint density at radius 1 is 0.917 bits per heavy atom. The van der Waals surface area contributed by atoms with Crippen LogP contribution in [-0.2, 0) is 13.1 Å². The summed E-state index contributed by atoms with van der Waals surface area (Å²) in [6.45, 7) is 3.00. The van der Waals surface area contributed by atoms with E-state index in [1.54, 1.807) is 18.6 Å². The number of fused-ring (bicyclic) bond motifs is 1. The minimum Gasteiger partial charge on any atom is -0.492 e. The molecule has 0 amide bonds. The van der Waals surface area contributed by atoms with Gasteiger partial charge in [0.2, 0.25) is 5.95 Å². The van der Waals surface area contributed by atoms with E-state index in [-0.39, 0.29) is 0 Å². The number of hydrogen-bond acceptors (Lipinski definition) is 9. The van der Waals surface area contributed by atoms with E-state index in [2.05, 4.69) is 41.9 Å². The van der Waals surface area contributed by atoms with E-state index in [1.807, 2.05) is 56.6 Å². The Labute approximate surface area is 210 Å². The summed E-state index contributed by atoms with van der Waals surface area (Å²) < 4.78 is 5.90. The van der Waals surface area contributed by atoms with Gasteiger partial charge in [0.15, 0.2) is 5.82 Å². The summed E-state index contributed by atoms with van der Waals surface area (Å²) in [5, 5.41) is 0. The number of nitrogens with zero attached hydrogens (tertiary/aromatic N) is 7. The number of hydrogen-bond donors (Lipinski definition) is 1. The molecule has 182 valence electrons. The zero-order valence-corrected chi connectivity index (χ0v) is 20.4. The molecule has 1 aliphatic rings.